The molecule has 0 atom stereocenters. The number of aromatic nitrogens is 1. The smallest absolute Gasteiger partial charge is 0.298 e. The second-order valence-corrected chi connectivity index (χ2v) is 4.52. The minimum atomic E-state index is -0.544. The predicted molar refractivity (Wildman–Crippen MR) is 61.0 cm³/mol. The second kappa shape index (κ2) is 4.37. The first kappa shape index (κ1) is 10.7. The van der Waals surface area contributed by atoms with Crippen molar-refractivity contribution in [1.82, 2.24) is 4.98 Å². The zero-order chi connectivity index (χ0) is 11.5. The highest BCUT2D eigenvalue weighted by molar-refractivity contribution is 7.18. The summed E-state index contributed by atoms with van der Waals surface area (Å²) in [6.45, 7) is 0. The molecule has 0 aliphatic rings. The Labute approximate surface area is 97.7 Å². The van der Waals surface area contributed by atoms with E-state index in [1.54, 1.807) is 16.8 Å². The molecule has 1 N–H and O–H groups in total. The van der Waals surface area contributed by atoms with Gasteiger partial charge in [-0.2, -0.15) is 11.3 Å². The van der Waals surface area contributed by atoms with Crippen LogP contribution < -0.4 is 5.32 Å². The van der Waals surface area contributed by atoms with Gasteiger partial charge in [-0.05, 0) is 22.8 Å². The van der Waals surface area contributed by atoms with Crippen molar-refractivity contribution in [3.63, 3.8) is 0 Å². The summed E-state index contributed by atoms with van der Waals surface area (Å²) in [4.78, 5) is 25.1. The third-order valence-electron chi connectivity index (χ3n) is 1.68. The highest BCUT2D eigenvalue weighted by atomic mass is 32.1. The van der Waals surface area contributed by atoms with Gasteiger partial charge in [-0.3, -0.25) is 20.2 Å². The van der Waals surface area contributed by atoms with Crippen LogP contribution in [0.4, 0.5) is 10.1 Å². The molecule has 16 heavy (non-hydrogen) atoms. The van der Waals surface area contributed by atoms with Crippen LogP contribution in [0.2, 0.25) is 0 Å². The molecule has 1 amide bonds. The molecular weight excluding hydrogens is 250 g/mol. The average molecular weight is 255 g/mol. The molecule has 0 unspecified atom stereocenters. The molecule has 2 aromatic heterocycles. The number of hydrogen-bond donors (Lipinski definition) is 1. The summed E-state index contributed by atoms with van der Waals surface area (Å²) in [6.07, 6.45) is 1.12. The number of anilines is 1. The number of amides is 1. The van der Waals surface area contributed by atoms with E-state index < -0.39 is 4.92 Å². The van der Waals surface area contributed by atoms with Gasteiger partial charge in [-0.15, -0.1) is 0 Å². The molecule has 2 heterocycles. The maximum atomic E-state index is 11.5. The zero-order valence-electron chi connectivity index (χ0n) is 7.75. The van der Waals surface area contributed by atoms with Crippen molar-refractivity contribution in [3.8, 4) is 0 Å². The van der Waals surface area contributed by atoms with Gasteiger partial charge in [0.05, 0.1) is 10.5 Å². The molecule has 0 bridgehead atoms. The third kappa shape index (κ3) is 2.23. The van der Waals surface area contributed by atoms with E-state index in [1.165, 1.54) is 11.3 Å². The lowest BCUT2D eigenvalue weighted by Crippen LogP contribution is -2.10. The van der Waals surface area contributed by atoms with Crippen LogP contribution in [0, 0.1) is 10.1 Å². The van der Waals surface area contributed by atoms with Crippen molar-refractivity contribution in [2.45, 2.75) is 0 Å². The fraction of sp³-hybridized carbons (Fsp3) is 0. The third-order valence-corrected chi connectivity index (χ3v) is 3.22. The monoisotopic (exact) mass is 255 g/mol. The Bertz CT molecular complexity index is 520. The number of hydrogen-bond acceptors (Lipinski definition) is 6. The van der Waals surface area contributed by atoms with E-state index in [4.69, 9.17) is 0 Å². The number of nitrogens with one attached hydrogen (secondary N) is 1. The van der Waals surface area contributed by atoms with Crippen LogP contribution in [0.15, 0.2) is 23.0 Å². The molecule has 0 saturated heterocycles. The van der Waals surface area contributed by atoms with Crippen molar-refractivity contribution in [1.29, 1.82) is 0 Å². The first-order valence-corrected chi connectivity index (χ1v) is 5.86. The number of carbonyl (C=O) groups excluding carboxylic acids is 1. The van der Waals surface area contributed by atoms with Crippen molar-refractivity contribution in [2.24, 2.45) is 0 Å². The molecule has 2 aromatic rings. The van der Waals surface area contributed by atoms with Gasteiger partial charge in [0.25, 0.3) is 5.91 Å². The van der Waals surface area contributed by atoms with E-state index >= 15 is 0 Å². The summed E-state index contributed by atoms with van der Waals surface area (Å²) >= 11 is 2.23. The second-order valence-electron chi connectivity index (χ2n) is 2.73. The molecule has 0 fully saturated rings. The van der Waals surface area contributed by atoms with Gasteiger partial charge >= 0.3 is 5.00 Å². The van der Waals surface area contributed by atoms with Gasteiger partial charge in [0.2, 0.25) is 0 Å². The van der Waals surface area contributed by atoms with Gasteiger partial charge in [0.15, 0.2) is 5.13 Å². The van der Waals surface area contributed by atoms with Crippen LogP contribution in [-0.2, 0) is 0 Å². The van der Waals surface area contributed by atoms with Crippen LogP contribution in [0.1, 0.15) is 10.4 Å². The fourth-order valence-corrected chi connectivity index (χ4v) is 2.23. The van der Waals surface area contributed by atoms with Crippen molar-refractivity contribution < 1.29 is 9.72 Å². The van der Waals surface area contributed by atoms with Crippen LogP contribution in [-0.4, -0.2) is 15.8 Å². The maximum Gasteiger partial charge on any atom is 0.345 e. The SMILES string of the molecule is O=C(Nc1ncc([N+](=O)[O-])s1)c1ccsc1. The molecule has 0 saturated carbocycles. The molecule has 0 aliphatic carbocycles. The van der Waals surface area contributed by atoms with E-state index in [9.17, 15) is 14.9 Å². The standard InChI is InChI=1S/C8H5N3O3S2/c12-7(5-1-2-15-4-5)10-8-9-3-6(16-8)11(13)14/h1-4H,(H,9,10,12). The summed E-state index contributed by atoms with van der Waals surface area (Å²) in [5.74, 6) is -0.314. The lowest BCUT2D eigenvalue weighted by atomic mass is 10.3. The number of thiophene rings is 1. The molecule has 2 rings (SSSR count). The summed E-state index contributed by atoms with van der Waals surface area (Å²) in [5, 5.41) is 16.5. The summed E-state index contributed by atoms with van der Waals surface area (Å²) < 4.78 is 0. The highest BCUT2D eigenvalue weighted by Gasteiger charge is 2.14. The Hall–Kier alpha value is -1.80. The van der Waals surface area contributed by atoms with Crippen molar-refractivity contribution in [2.75, 3.05) is 5.32 Å². The minimum absolute atomic E-state index is 0.0966. The Morgan fingerprint density at radius 1 is 1.56 bits per heavy atom. The van der Waals surface area contributed by atoms with Crippen LogP contribution >= 0.6 is 22.7 Å². The lowest BCUT2D eigenvalue weighted by Gasteiger charge is -1.96. The molecule has 6 nitrogen and oxygen atoms in total. The lowest BCUT2D eigenvalue weighted by molar-refractivity contribution is -0.380. The van der Waals surface area contributed by atoms with Gasteiger partial charge < -0.3 is 0 Å². The fourth-order valence-electron chi connectivity index (χ4n) is 0.971. The normalized spacial score (nSPS) is 10.0. The zero-order valence-corrected chi connectivity index (χ0v) is 9.38. The average Bonchev–Trinajstić information content (AvgIpc) is 2.87. The molecule has 82 valence electrons. The molecular formula is C8H5N3O3S2. The van der Waals surface area contributed by atoms with Crippen LogP contribution in [0.3, 0.4) is 0 Å². The van der Waals surface area contributed by atoms with Gasteiger partial charge in [-0.1, -0.05) is 0 Å². The van der Waals surface area contributed by atoms with Crippen LogP contribution in [0.5, 0.6) is 0 Å². The quantitative estimate of drug-likeness (QED) is 0.674. The van der Waals surface area contributed by atoms with Crippen molar-refractivity contribution >= 4 is 38.7 Å². The van der Waals surface area contributed by atoms with E-state index in [2.05, 4.69) is 10.3 Å². The van der Waals surface area contributed by atoms with Gasteiger partial charge in [0.1, 0.15) is 6.20 Å². The number of rotatable bonds is 3. The Balaban J connectivity index is 2.09. The van der Waals surface area contributed by atoms with Gasteiger partial charge in [0, 0.05) is 5.38 Å². The molecule has 0 spiro atoms. The molecule has 0 aromatic carbocycles. The minimum Gasteiger partial charge on any atom is -0.298 e. The summed E-state index contributed by atoms with van der Waals surface area (Å²) in [6, 6.07) is 1.67. The first-order valence-electron chi connectivity index (χ1n) is 4.10. The molecule has 0 aliphatic heterocycles. The predicted octanol–water partition coefficient (Wildman–Crippen LogP) is 2.37. The summed E-state index contributed by atoms with van der Waals surface area (Å²) in [5.41, 5.74) is 0.517. The Morgan fingerprint density at radius 2 is 2.38 bits per heavy atom. The molecule has 0 radical (unpaired) electrons. The van der Waals surface area contributed by atoms with E-state index in [0.717, 1.165) is 17.5 Å². The van der Waals surface area contributed by atoms with E-state index in [-0.39, 0.29) is 16.0 Å². The first-order chi connectivity index (χ1) is 7.66. The molecule has 8 heteroatoms. The number of thiazole rings is 1. The van der Waals surface area contributed by atoms with Gasteiger partial charge in [-0.25, -0.2) is 4.98 Å². The highest BCUT2D eigenvalue weighted by Crippen LogP contribution is 2.25. The summed E-state index contributed by atoms with van der Waals surface area (Å²) in [7, 11) is 0. The Morgan fingerprint density at radius 3 is 2.94 bits per heavy atom. The maximum absolute atomic E-state index is 11.5. The number of nitro groups is 1. The van der Waals surface area contributed by atoms with E-state index in [1.807, 2.05) is 0 Å². The van der Waals surface area contributed by atoms with E-state index in [0.29, 0.717) is 5.56 Å². The Kier molecular flexibility index (Phi) is 2.93. The topological polar surface area (TPSA) is 85.1 Å². The largest absolute Gasteiger partial charge is 0.345 e. The van der Waals surface area contributed by atoms with Crippen molar-refractivity contribution in [3.05, 3.63) is 38.7 Å². The number of nitrogens with zero attached hydrogens (tertiary/aromatic N) is 2. The number of carbonyl (C=O) groups is 1. The van der Waals surface area contributed by atoms with Crippen LogP contribution in [0.25, 0.3) is 0 Å².